The summed E-state index contributed by atoms with van der Waals surface area (Å²) in [6, 6.07) is 6.88. The number of sulfonamides is 1. The lowest BCUT2D eigenvalue weighted by atomic mass is 10.00. The standard InChI is InChI=1S/C20H26FN5O2S.C2HF3O2/c1-14-23-19(25-8-3-4-18(13-25)29(27,28)22-2)11-20(24-14)26-9-7-15-5-6-17(21)10-16(15)12-26;3-2(4,5)1(6)7/h5-6,10-11,18,22H,3-4,7-9,12-13H2,1-2H3;(H,6,7)/t18-;/m0./s1. The molecule has 0 spiro atoms. The average Bonchev–Trinajstić information content (AvgIpc) is 2.83. The maximum Gasteiger partial charge on any atom is 0.490 e. The van der Waals surface area contributed by atoms with E-state index < -0.39 is 27.4 Å². The maximum absolute atomic E-state index is 13.7. The molecule has 198 valence electrons. The Labute approximate surface area is 206 Å². The van der Waals surface area contributed by atoms with E-state index in [2.05, 4.69) is 19.6 Å². The highest BCUT2D eigenvalue weighted by Gasteiger charge is 2.38. The number of alkyl halides is 3. The largest absolute Gasteiger partial charge is 0.490 e. The van der Waals surface area contributed by atoms with Crippen LogP contribution in [0.15, 0.2) is 24.3 Å². The molecule has 2 N–H and O–H groups in total. The molecule has 0 unspecified atom stereocenters. The van der Waals surface area contributed by atoms with Crippen LogP contribution in [0.3, 0.4) is 0 Å². The lowest BCUT2D eigenvalue weighted by Crippen LogP contribution is -2.46. The van der Waals surface area contributed by atoms with Crippen LogP contribution in [-0.4, -0.2) is 67.6 Å². The van der Waals surface area contributed by atoms with E-state index in [1.807, 2.05) is 24.0 Å². The Morgan fingerprint density at radius 1 is 1.11 bits per heavy atom. The van der Waals surface area contributed by atoms with E-state index in [0.29, 0.717) is 25.3 Å². The maximum atomic E-state index is 13.7. The number of carboxylic acid groups (broad SMARTS) is 1. The SMILES string of the molecule is CNS(=O)(=O)[C@H]1CCCN(c2cc(N3CCc4ccc(F)cc4C3)nc(C)n2)C1.O=C(O)C(F)(F)F. The molecular weight excluding hydrogens is 506 g/mol. The van der Waals surface area contributed by atoms with Crippen molar-refractivity contribution in [1.29, 1.82) is 0 Å². The number of aliphatic carboxylic acids is 1. The molecule has 14 heteroatoms. The fourth-order valence-electron chi connectivity index (χ4n) is 4.15. The average molecular weight is 534 g/mol. The number of carboxylic acids is 1. The minimum absolute atomic E-state index is 0.227. The number of piperidine rings is 1. The van der Waals surface area contributed by atoms with Gasteiger partial charge in [0.2, 0.25) is 10.0 Å². The third-order valence-electron chi connectivity index (χ3n) is 5.98. The summed E-state index contributed by atoms with van der Waals surface area (Å²) in [6.07, 6.45) is -2.81. The second-order valence-electron chi connectivity index (χ2n) is 8.48. The molecular formula is C22H27F4N5O4S. The first kappa shape index (κ1) is 27.6. The molecule has 0 amide bonds. The molecule has 0 radical (unpaired) electrons. The number of hydrogen-bond donors (Lipinski definition) is 2. The number of hydrogen-bond acceptors (Lipinski definition) is 7. The van der Waals surface area contributed by atoms with Crippen LogP contribution in [0.25, 0.3) is 0 Å². The zero-order valence-corrected chi connectivity index (χ0v) is 20.5. The first-order valence-electron chi connectivity index (χ1n) is 11.2. The van der Waals surface area contributed by atoms with E-state index in [1.165, 1.54) is 18.7 Å². The summed E-state index contributed by atoms with van der Waals surface area (Å²) >= 11 is 0. The fourth-order valence-corrected chi connectivity index (χ4v) is 5.33. The van der Waals surface area contributed by atoms with Crippen LogP contribution in [0.1, 0.15) is 29.8 Å². The minimum Gasteiger partial charge on any atom is -0.475 e. The third-order valence-corrected chi connectivity index (χ3v) is 7.81. The summed E-state index contributed by atoms with van der Waals surface area (Å²) in [7, 11) is -1.86. The molecule has 1 saturated heterocycles. The molecule has 0 bridgehead atoms. The number of nitrogens with zero attached hydrogens (tertiary/aromatic N) is 4. The van der Waals surface area contributed by atoms with Gasteiger partial charge in [-0.05, 0) is 56.5 Å². The van der Waals surface area contributed by atoms with Crippen LogP contribution in [-0.2, 0) is 27.8 Å². The number of anilines is 2. The van der Waals surface area contributed by atoms with E-state index in [4.69, 9.17) is 9.90 Å². The number of aromatic nitrogens is 2. The van der Waals surface area contributed by atoms with E-state index in [1.54, 1.807) is 6.07 Å². The van der Waals surface area contributed by atoms with E-state index in [9.17, 15) is 26.0 Å². The Balaban J connectivity index is 0.000000454. The summed E-state index contributed by atoms with van der Waals surface area (Å²) in [5.41, 5.74) is 2.15. The summed E-state index contributed by atoms with van der Waals surface area (Å²) in [4.78, 5) is 22.2. The number of nitrogens with one attached hydrogen (secondary N) is 1. The molecule has 1 atom stereocenters. The zero-order valence-electron chi connectivity index (χ0n) is 19.7. The van der Waals surface area contributed by atoms with Gasteiger partial charge in [0, 0.05) is 32.2 Å². The summed E-state index contributed by atoms with van der Waals surface area (Å²) in [5.74, 6) is -0.807. The highest BCUT2D eigenvalue weighted by Crippen LogP contribution is 2.28. The number of rotatable bonds is 4. The molecule has 1 aromatic heterocycles. The van der Waals surface area contributed by atoms with Crippen molar-refractivity contribution >= 4 is 27.6 Å². The summed E-state index contributed by atoms with van der Waals surface area (Å²) in [6.45, 7) is 4.41. The first-order valence-corrected chi connectivity index (χ1v) is 12.7. The van der Waals surface area contributed by atoms with Crippen molar-refractivity contribution in [3.63, 3.8) is 0 Å². The van der Waals surface area contributed by atoms with Gasteiger partial charge in [0.15, 0.2) is 0 Å². The molecule has 4 rings (SSSR count). The van der Waals surface area contributed by atoms with Gasteiger partial charge in [0.25, 0.3) is 0 Å². The van der Waals surface area contributed by atoms with Gasteiger partial charge in [-0.25, -0.2) is 32.3 Å². The number of aryl methyl sites for hydroxylation is 1. The van der Waals surface area contributed by atoms with Crippen LogP contribution in [0, 0.1) is 12.7 Å². The van der Waals surface area contributed by atoms with Crippen molar-refractivity contribution in [3.05, 3.63) is 47.0 Å². The van der Waals surface area contributed by atoms with Crippen LogP contribution < -0.4 is 14.5 Å². The Kier molecular flexibility index (Phi) is 8.39. The van der Waals surface area contributed by atoms with Gasteiger partial charge in [0.1, 0.15) is 23.3 Å². The van der Waals surface area contributed by atoms with Crippen molar-refractivity contribution in [2.45, 2.75) is 44.2 Å². The number of carbonyl (C=O) groups is 1. The minimum atomic E-state index is -5.08. The normalized spacial score (nSPS) is 18.2. The highest BCUT2D eigenvalue weighted by atomic mass is 32.2. The molecule has 2 aliphatic rings. The highest BCUT2D eigenvalue weighted by molar-refractivity contribution is 7.90. The van der Waals surface area contributed by atoms with Crippen LogP contribution in [0.4, 0.5) is 29.2 Å². The predicted octanol–water partition coefficient (Wildman–Crippen LogP) is 2.64. The van der Waals surface area contributed by atoms with E-state index in [-0.39, 0.29) is 5.82 Å². The number of benzene rings is 1. The Hall–Kier alpha value is -3.00. The topological polar surface area (TPSA) is 116 Å². The van der Waals surface area contributed by atoms with Gasteiger partial charge < -0.3 is 14.9 Å². The number of fused-ring (bicyclic) bond motifs is 1. The first-order chi connectivity index (χ1) is 16.8. The monoisotopic (exact) mass is 533 g/mol. The van der Waals surface area contributed by atoms with Crippen LogP contribution in [0.2, 0.25) is 0 Å². The van der Waals surface area contributed by atoms with Crippen molar-refractivity contribution in [3.8, 4) is 0 Å². The Morgan fingerprint density at radius 2 is 1.75 bits per heavy atom. The van der Waals surface area contributed by atoms with Gasteiger partial charge in [-0.2, -0.15) is 13.2 Å². The molecule has 0 aliphatic carbocycles. The van der Waals surface area contributed by atoms with E-state index >= 15 is 0 Å². The van der Waals surface area contributed by atoms with Crippen LogP contribution >= 0.6 is 0 Å². The molecule has 3 heterocycles. The number of halogens is 4. The van der Waals surface area contributed by atoms with Crippen molar-refractivity contribution in [1.82, 2.24) is 14.7 Å². The molecule has 0 saturated carbocycles. The lowest BCUT2D eigenvalue weighted by molar-refractivity contribution is -0.192. The van der Waals surface area contributed by atoms with E-state index in [0.717, 1.165) is 43.1 Å². The van der Waals surface area contributed by atoms with Gasteiger partial charge in [-0.15, -0.1) is 0 Å². The third kappa shape index (κ3) is 6.81. The second-order valence-corrected chi connectivity index (χ2v) is 10.6. The van der Waals surface area contributed by atoms with Crippen LogP contribution in [0.5, 0.6) is 0 Å². The molecule has 36 heavy (non-hydrogen) atoms. The quantitative estimate of drug-likeness (QED) is 0.577. The van der Waals surface area contributed by atoms with Gasteiger partial charge in [0.05, 0.1) is 5.25 Å². The summed E-state index contributed by atoms with van der Waals surface area (Å²) in [5, 5.41) is 6.67. The van der Waals surface area contributed by atoms with Gasteiger partial charge >= 0.3 is 12.1 Å². The van der Waals surface area contributed by atoms with Gasteiger partial charge in [-0.1, -0.05) is 6.07 Å². The van der Waals surface area contributed by atoms with Crippen molar-refractivity contribution in [2.75, 3.05) is 36.5 Å². The lowest BCUT2D eigenvalue weighted by Gasteiger charge is -2.34. The Bertz CT molecular complexity index is 1210. The summed E-state index contributed by atoms with van der Waals surface area (Å²) < 4.78 is 72.3. The Morgan fingerprint density at radius 3 is 2.36 bits per heavy atom. The van der Waals surface area contributed by atoms with Crippen molar-refractivity contribution in [2.24, 2.45) is 0 Å². The van der Waals surface area contributed by atoms with Crippen molar-refractivity contribution < 1.29 is 35.9 Å². The molecule has 1 fully saturated rings. The predicted molar refractivity (Wildman–Crippen MR) is 125 cm³/mol. The molecule has 9 nitrogen and oxygen atoms in total. The second kappa shape index (κ2) is 10.9. The molecule has 1 aromatic carbocycles. The van der Waals surface area contributed by atoms with Gasteiger partial charge in [-0.3, -0.25) is 0 Å². The fraction of sp³-hybridized carbons (Fsp3) is 0.500. The molecule has 2 aromatic rings. The zero-order chi connectivity index (χ0) is 26.7. The molecule has 2 aliphatic heterocycles. The smallest absolute Gasteiger partial charge is 0.475 e.